The van der Waals surface area contributed by atoms with Crippen LogP contribution in [0.1, 0.15) is 28.8 Å². The number of likely N-dealkylation sites (tertiary alicyclic amines) is 1. The monoisotopic (exact) mass is 451 g/mol. The molecule has 0 radical (unpaired) electrons. The van der Waals surface area contributed by atoms with E-state index in [-0.39, 0.29) is 42.5 Å². The molecule has 2 aromatic rings. The van der Waals surface area contributed by atoms with Gasteiger partial charge in [0.05, 0.1) is 6.10 Å². The van der Waals surface area contributed by atoms with Crippen LogP contribution in [0.3, 0.4) is 0 Å². The molecule has 2 N–H and O–H groups in total. The number of fused-ring (bicyclic) bond motifs is 1. The SMILES string of the molecule is CN(C)c1ccc(C(=O)NC(Cc2ccc(O)cc2)C(=O)N2CCCC3OCC(=O)C32)cc1. The molecule has 2 fully saturated rings. The fourth-order valence-electron chi connectivity index (χ4n) is 4.46. The zero-order valence-corrected chi connectivity index (χ0v) is 18.9. The van der Waals surface area contributed by atoms with Crippen molar-refractivity contribution < 1.29 is 24.2 Å². The fraction of sp³-hybridized carbons (Fsp3) is 0.400. The van der Waals surface area contributed by atoms with Crippen molar-refractivity contribution in [2.24, 2.45) is 0 Å². The first-order valence-corrected chi connectivity index (χ1v) is 11.1. The number of Topliss-reactive ketones (excluding diaryl/α,β-unsaturated/α-hetero) is 1. The first-order chi connectivity index (χ1) is 15.8. The zero-order valence-electron chi connectivity index (χ0n) is 18.9. The molecule has 2 amide bonds. The van der Waals surface area contributed by atoms with Gasteiger partial charge in [-0.15, -0.1) is 0 Å². The Morgan fingerprint density at radius 1 is 1.15 bits per heavy atom. The summed E-state index contributed by atoms with van der Waals surface area (Å²) >= 11 is 0. The van der Waals surface area contributed by atoms with Crippen LogP contribution >= 0.6 is 0 Å². The van der Waals surface area contributed by atoms with Crippen molar-refractivity contribution in [2.45, 2.75) is 37.5 Å². The molecule has 2 aliphatic rings. The van der Waals surface area contributed by atoms with E-state index in [2.05, 4.69) is 5.32 Å². The lowest BCUT2D eigenvalue weighted by Gasteiger charge is -2.37. The minimum Gasteiger partial charge on any atom is -0.508 e. The Balaban J connectivity index is 1.57. The smallest absolute Gasteiger partial charge is 0.251 e. The van der Waals surface area contributed by atoms with Gasteiger partial charge in [0.25, 0.3) is 5.91 Å². The summed E-state index contributed by atoms with van der Waals surface area (Å²) in [5.74, 6) is -0.629. The van der Waals surface area contributed by atoms with Crippen LogP contribution in [0.4, 0.5) is 5.69 Å². The molecular formula is C25H29N3O5. The van der Waals surface area contributed by atoms with Gasteiger partial charge in [-0.2, -0.15) is 0 Å². The molecule has 0 aromatic heterocycles. The molecule has 8 nitrogen and oxygen atoms in total. The maximum Gasteiger partial charge on any atom is 0.251 e. The zero-order chi connectivity index (χ0) is 23.5. The second-order valence-corrected chi connectivity index (χ2v) is 8.77. The highest BCUT2D eigenvalue weighted by atomic mass is 16.5. The van der Waals surface area contributed by atoms with Crippen LogP contribution in [0, 0.1) is 0 Å². The third-order valence-corrected chi connectivity index (χ3v) is 6.25. The highest BCUT2D eigenvalue weighted by Crippen LogP contribution is 2.27. The van der Waals surface area contributed by atoms with Gasteiger partial charge in [0.15, 0.2) is 5.78 Å². The van der Waals surface area contributed by atoms with Crippen molar-refractivity contribution in [3.8, 4) is 5.75 Å². The Kier molecular flexibility index (Phi) is 6.65. The predicted molar refractivity (Wildman–Crippen MR) is 123 cm³/mol. The van der Waals surface area contributed by atoms with Crippen LogP contribution in [0.2, 0.25) is 0 Å². The maximum absolute atomic E-state index is 13.6. The highest BCUT2D eigenvalue weighted by Gasteiger charge is 2.45. The number of phenolic OH excluding ortho intramolecular Hbond substituents is 1. The van der Waals surface area contributed by atoms with Crippen LogP contribution in [0.5, 0.6) is 5.75 Å². The summed E-state index contributed by atoms with van der Waals surface area (Å²) in [4.78, 5) is 42.6. The Labute approximate surface area is 193 Å². The lowest BCUT2D eigenvalue weighted by Crippen LogP contribution is -2.58. The molecular weight excluding hydrogens is 422 g/mol. The molecule has 0 aliphatic carbocycles. The molecule has 174 valence electrons. The predicted octanol–water partition coefficient (Wildman–Crippen LogP) is 1.76. The Morgan fingerprint density at radius 2 is 1.85 bits per heavy atom. The molecule has 33 heavy (non-hydrogen) atoms. The fourth-order valence-corrected chi connectivity index (χ4v) is 4.46. The minimum absolute atomic E-state index is 0.0202. The van der Waals surface area contributed by atoms with Crippen molar-refractivity contribution in [3.63, 3.8) is 0 Å². The number of nitrogens with zero attached hydrogens (tertiary/aromatic N) is 2. The van der Waals surface area contributed by atoms with E-state index in [1.807, 2.05) is 31.1 Å². The normalized spacial score (nSPS) is 20.8. The number of aromatic hydroxyl groups is 1. The number of phenols is 1. The second-order valence-electron chi connectivity index (χ2n) is 8.77. The molecule has 0 spiro atoms. The summed E-state index contributed by atoms with van der Waals surface area (Å²) in [5, 5.41) is 12.5. The topological polar surface area (TPSA) is 99.2 Å². The number of ether oxygens (including phenoxy) is 1. The molecule has 3 atom stereocenters. The number of hydrogen-bond donors (Lipinski definition) is 2. The third kappa shape index (κ3) is 5.01. The summed E-state index contributed by atoms with van der Waals surface area (Å²) in [6.07, 6.45) is 1.45. The Hall–Kier alpha value is -3.39. The second kappa shape index (κ2) is 9.62. The highest BCUT2D eigenvalue weighted by molar-refractivity contribution is 5.99. The number of carbonyl (C=O) groups is 3. The molecule has 2 heterocycles. The van der Waals surface area contributed by atoms with E-state index in [0.29, 0.717) is 12.1 Å². The van der Waals surface area contributed by atoms with Crippen LogP contribution in [-0.4, -0.2) is 73.0 Å². The van der Waals surface area contributed by atoms with Gasteiger partial charge in [0, 0.05) is 38.3 Å². The van der Waals surface area contributed by atoms with Crippen LogP contribution in [0.25, 0.3) is 0 Å². The molecule has 4 rings (SSSR count). The molecule has 8 heteroatoms. The van der Waals surface area contributed by atoms with Gasteiger partial charge in [-0.3, -0.25) is 14.4 Å². The Morgan fingerprint density at radius 3 is 2.52 bits per heavy atom. The third-order valence-electron chi connectivity index (χ3n) is 6.25. The van der Waals surface area contributed by atoms with E-state index in [0.717, 1.165) is 24.1 Å². The number of nitrogens with one attached hydrogen (secondary N) is 1. The summed E-state index contributed by atoms with van der Waals surface area (Å²) in [6.45, 7) is 0.473. The van der Waals surface area contributed by atoms with Gasteiger partial charge in [-0.25, -0.2) is 0 Å². The number of amides is 2. The summed E-state index contributed by atoms with van der Waals surface area (Å²) < 4.78 is 5.58. The average molecular weight is 452 g/mol. The van der Waals surface area contributed by atoms with Crippen LogP contribution < -0.4 is 10.2 Å². The van der Waals surface area contributed by atoms with E-state index in [4.69, 9.17) is 4.74 Å². The standard InChI is InChI=1S/C25H29N3O5/c1-27(2)18-9-7-17(8-10-18)24(31)26-20(14-16-5-11-19(29)12-6-16)25(32)28-13-3-4-22-23(28)21(30)15-33-22/h5-12,20,22-23,29H,3-4,13-15H2,1-2H3,(H,26,31). The van der Waals surface area contributed by atoms with Gasteiger partial charge < -0.3 is 25.0 Å². The molecule has 0 bridgehead atoms. The number of benzene rings is 2. The quantitative estimate of drug-likeness (QED) is 0.695. The van der Waals surface area contributed by atoms with E-state index >= 15 is 0 Å². The minimum atomic E-state index is -0.859. The van der Waals surface area contributed by atoms with Gasteiger partial charge in [-0.05, 0) is 54.8 Å². The van der Waals surface area contributed by atoms with Gasteiger partial charge in [-0.1, -0.05) is 12.1 Å². The first-order valence-electron chi connectivity index (χ1n) is 11.1. The van der Waals surface area contributed by atoms with E-state index in [1.54, 1.807) is 41.3 Å². The number of piperidine rings is 1. The molecule has 3 unspecified atom stereocenters. The van der Waals surface area contributed by atoms with Gasteiger partial charge >= 0.3 is 0 Å². The van der Waals surface area contributed by atoms with Gasteiger partial charge in [0.1, 0.15) is 24.4 Å². The lowest BCUT2D eigenvalue weighted by atomic mass is 9.95. The summed E-state index contributed by atoms with van der Waals surface area (Å²) in [7, 11) is 3.84. The first kappa shape index (κ1) is 22.8. The number of rotatable bonds is 6. The molecule has 2 aromatic carbocycles. The Bertz CT molecular complexity index is 1020. The molecule has 0 saturated carbocycles. The largest absolute Gasteiger partial charge is 0.508 e. The van der Waals surface area contributed by atoms with Crippen molar-refractivity contribution >= 4 is 23.3 Å². The average Bonchev–Trinajstić information content (AvgIpc) is 3.20. The summed E-state index contributed by atoms with van der Waals surface area (Å²) in [5.41, 5.74) is 2.19. The van der Waals surface area contributed by atoms with Crippen LogP contribution in [-0.2, 0) is 20.7 Å². The van der Waals surface area contributed by atoms with Crippen LogP contribution in [0.15, 0.2) is 48.5 Å². The van der Waals surface area contributed by atoms with Crippen molar-refractivity contribution in [1.29, 1.82) is 0 Å². The molecule has 2 saturated heterocycles. The van der Waals surface area contributed by atoms with Crippen molar-refractivity contribution in [2.75, 3.05) is 32.1 Å². The van der Waals surface area contributed by atoms with Gasteiger partial charge in [0.2, 0.25) is 5.91 Å². The lowest BCUT2D eigenvalue weighted by molar-refractivity contribution is -0.142. The molecule has 2 aliphatic heterocycles. The maximum atomic E-state index is 13.6. The van der Waals surface area contributed by atoms with E-state index < -0.39 is 12.1 Å². The number of anilines is 1. The van der Waals surface area contributed by atoms with E-state index in [9.17, 15) is 19.5 Å². The van der Waals surface area contributed by atoms with E-state index in [1.165, 1.54) is 0 Å². The van der Waals surface area contributed by atoms with Crippen molar-refractivity contribution in [3.05, 3.63) is 59.7 Å². The summed E-state index contributed by atoms with van der Waals surface area (Å²) in [6, 6.07) is 12.2. The number of hydrogen-bond acceptors (Lipinski definition) is 6. The number of ketones is 1. The van der Waals surface area contributed by atoms with Crippen molar-refractivity contribution in [1.82, 2.24) is 10.2 Å². The number of carbonyl (C=O) groups excluding carboxylic acids is 3.